The number of hydrogen-bond acceptors (Lipinski definition) is 5. The molecule has 0 aliphatic rings. The van der Waals surface area contributed by atoms with Crippen LogP contribution in [-0.4, -0.2) is 21.8 Å². The third kappa shape index (κ3) is 2.79. The van der Waals surface area contributed by atoms with Crippen LogP contribution in [0.5, 0.6) is 0 Å². The van der Waals surface area contributed by atoms with Gasteiger partial charge in [-0.3, -0.25) is 4.79 Å². The van der Waals surface area contributed by atoms with Crippen molar-refractivity contribution in [3.8, 4) is 0 Å². The summed E-state index contributed by atoms with van der Waals surface area (Å²) in [6.07, 6.45) is 1.95. The molecule has 4 N–H and O–H groups in total. The predicted molar refractivity (Wildman–Crippen MR) is 48.8 cm³/mol. The molecule has 1 aromatic heterocycles. The van der Waals surface area contributed by atoms with Crippen LogP contribution in [0.25, 0.3) is 0 Å². The Morgan fingerprint density at radius 1 is 1.69 bits per heavy atom. The minimum absolute atomic E-state index is 0.0582. The van der Waals surface area contributed by atoms with Gasteiger partial charge in [0.15, 0.2) is 0 Å². The third-order valence-electron chi connectivity index (χ3n) is 1.68. The molecule has 1 atom stereocenters. The zero-order chi connectivity index (χ0) is 9.84. The minimum atomic E-state index is -0.505. The molecule has 1 heterocycles. The Bertz CT molecular complexity index is 313. The maximum Gasteiger partial charge on any atom is 0.220 e. The molecule has 0 amide bonds. The summed E-state index contributed by atoms with van der Waals surface area (Å²) in [5.74, 6) is 0.144. The first kappa shape index (κ1) is 9.60. The van der Waals surface area contributed by atoms with Crippen molar-refractivity contribution < 1.29 is 4.79 Å². The fourth-order valence-electron chi connectivity index (χ4n) is 0.896. The number of carbonyl (C=O) groups is 1. The summed E-state index contributed by atoms with van der Waals surface area (Å²) in [5, 5.41) is 0. The van der Waals surface area contributed by atoms with Gasteiger partial charge in [0.05, 0.1) is 6.04 Å². The van der Waals surface area contributed by atoms with Gasteiger partial charge < -0.3 is 11.5 Å². The van der Waals surface area contributed by atoms with E-state index in [0.29, 0.717) is 12.1 Å². The molecule has 0 saturated heterocycles. The summed E-state index contributed by atoms with van der Waals surface area (Å²) in [6, 6.07) is 1.19. The van der Waals surface area contributed by atoms with E-state index >= 15 is 0 Å². The molecule has 13 heavy (non-hydrogen) atoms. The Morgan fingerprint density at radius 2 is 2.38 bits per heavy atom. The van der Waals surface area contributed by atoms with Crippen molar-refractivity contribution in [1.82, 2.24) is 9.97 Å². The van der Waals surface area contributed by atoms with Crippen LogP contribution < -0.4 is 11.5 Å². The first-order valence-corrected chi connectivity index (χ1v) is 3.93. The van der Waals surface area contributed by atoms with Gasteiger partial charge in [-0.25, -0.2) is 9.97 Å². The van der Waals surface area contributed by atoms with Gasteiger partial charge >= 0.3 is 0 Å². The lowest BCUT2D eigenvalue weighted by molar-refractivity contribution is -0.118. The van der Waals surface area contributed by atoms with Crippen molar-refractivity contribution in [1.29, 1.82) is 0 Å². The number of ketones is 1. The van der Waals surface area contributed by atoms with Gasteiger partial charge in [-0.15, -0.1) is 0 Å². The van der Waals surface area contributed by atoms with E-state index in [1.165, 1.54) is 6.92 Å². The Kier molecular flexibility index (Phi) is 2.92. The summed E-state index contributed by atoms with van der Waals surface area (Å²) >= 11 is 0. The van der Waals surface area contributed by atoms with E-state index in [9.17, 15) is 4.79 Å². The molecule has 70 valence electrons. The van der Waals surface area contributed by atoms with Crippen LogP contribution in [-0.2, 0) is 11.2 Å². The number of hydrogen-bond donors (Lipinski definition) is 2. The highest BCUT2D eigenvalue weighted by atomic mass is 16.1. The van der Waals surface area contributed by atoms with Crippen molar-refractivity contribution in [3.05, 3.63) is 18.0 Å². The van der Waals surface area contributed by atoms with Gasteiger partial charge in [-0.1, -0.05) is 0 Å². The average Bonchev–Trinajstić information content (AvgIpc) is 2.04. The van der Waals surface area contributed by atoms with Crippen LogP contribution in [0.4, 0.5) is 5.95 Å². The number of anilines is 1. The van der Waals surface area contributed by atoms with Gasteiger partial charge in [0.2, 0.25) is 5.95 Å². The van der Waals surface area contributed by atoms with Crippen LogP contribution in [0.15, 0.2) is 12.3 Å². The monoisotopic (exact) mass is 180 g/mol. The number of rotatable bonds is 3. The van der Waals surface area contributed by atoms with E-state index in [4.69, 9.17) is 11.5 Å². The number of nitrogens with zero attached hydrogens (tertiary/aromatic N) is 2. The van der Waals surface area contributed by atoms with Gasteiger partial charge in [-0.05, 0) is 13.0 Å². The van der Waals surface area contributed by atoms with Crippen LogP contribution in [0.1, 0.15) is 12.6 Å². The number of Topliss-reactive ketones (excluding diaryl/α,β-unsaturated/α-hetero) is 1. The zero-order valence-corrected chi connectivity index (χ0v) is 7.40. The average molecular weight is 180 g/mol. The molecule has 0 saturated carbocycles. The standard InChI is InChI=1S/C8H12N4O/c1-5(13)7(9)4-6-2-3-11-8(10)12-6/h2-3,7H,4,9H2,1H3,(H2,10,11,12). The van der Waals surface area contributed by atoms with Crippen LogP contribution in [0.2, 0.25) is 0 Å². The molecule has 0 aliphatic heterocycles. The van der Waals surface area contributed by atoms with E-state index in [2.05, 4.69) is 9.97 Å². The van der Waals surface area contributed by atoms with Crippen LogP contribution in [0, 0.1) is 0 Å². The summed E-state index contributed by atoms with van der Waals surface area (Å²) in [7, 11) is 0. The topological polar surface area (TPSA) is 94.9 Å². The van der Waals surface area contributed by atoms with Crippen LogP contribution in [0.3, 0.4) is 0 Å². The fourth-order valence-corrected chi connectivity index (χ4v) is 0.896. The number of carbonyl (C=O) groups excluding carboxylic acids is 1. The lowest BCUT2D eigenvalue weighted by Gasteiger charge is -2.06. The first-order valence-electron chi connectivity index (χ1n) is 3.93. The van der Waals surface area contributed by atoms with Gasteiger partial charge in [0.25, 0.3) is 0 Å². The van der Waals surface area contributed by atoms with E-state index < -0.39 is 6.04 Å². The molecule has 1 rings (SSSR count). The zero-order valence-electron chi connectivity index (χ0n) is 7.40. The fraction of sp³-hybridized carbons (Fsp3) is 0.375. The van der Waals surface area contributed by atoms with E-state index in [0.717, 1.165) is 0 Å². The maximum absolute atomic E-state index is 10.8. The Morgan fingerprint density at radius 3 is 2.92 bits per heavy atom. The maximum atomic E-state index is 10.8. The van der Waals surface area contributed by atoms with Gasteiger partial charge in [0.1, 0.15) is 5.78 Å². The molecule has 0 fully saturated rings. The summed E-state index contributed by atoms with van der Waals surface area (Å²) < 4.78 is 0. The summed E-state index contributed by atoms with van der Waals surface area (Å²) in [6.45, 7) is 1.45. The highest BCUT2D eigenvalue weighted by molar-refractivity contribution is 5.81. The van der Waals surface area contributed by atoms with Crippen molar-refractivity contribution in [2.75, 3.05) is 5.73 Å². The highest BCUT2D eigenvalue weighted by Crippen LogP contribution is 2.00. The normalized spacial score (nSPS) is 12.5. The summed E-state index contributed by atoms with van der Waals surface area (Å²) in [4.78, 5) is 18.5. The SMILES string of the molecule is CC(=O)C(N)Cc1ccnc(N)n1. The molecule has 1 aromatic rings. The quantitative estimate of drug-likeness (QED) is 0.655. The summed E-state index contributed by atoms with van der Waals surface area (Å²) in [5.41, 5.74) is 11.6. The minimum Gasteiger partial charge on any atom is -0.368 e. The van der Waals surface area contributed by atoms with E-state index in [1.54, 1.807) is 12.3 Å². The highest BCUT2D eigenvalue weighted by Gasteiger charge is 2.09. The van der Waals surface area contributed by atoms with Gasteiger partial charge in [-0.2, -0.15) is 0 Å². The lowest BCUT2D eigenvalue weighted by Crippen LogP contribution is -2.30. The number of aromatic nitrogens is 2. The number of nitrogens with two attached hydrogens (primary N) is 2. The lowest BCUT2D eigenvalue weighted by atomic mass is 10.1. The molecule has 0 spiro atoms. The molecule has 0 radical (unpaired) electrons. The third-order valence-corrected chi connectivity index (χ3v) is 1.68. The first-order chi connectivity index (χ1) is 6.09. The molecule has 5 heteroatoms. The molecule has 5 nitrogen and oxygen atoms in total. The molecule has 0 bridgehead atoms. The van der Waals surface area contributed by atoms with Crippen molar-refractivity contribution in [2.45, 2.75) is 19.4 Å². The predicted octanol–water partition coefficient (Wildman–Crippen LogP) is -0.482. The molecule has 0 aliphatic carbocycles. The Balaban J connectivity index is 2.69. The second-order valence-electron chi connectivity index (χ2n) is 2.83. The van der Waals surface area contributed by atoms with Crippen LogP contribution >= 0.6 is 0 Å². The Hall–Kier alpha value is -1.49. The van der Waals surface area contributed by atoms with E-state index in [1.807, 2.05) is 0 Å². The number of nitrogen functional groups attached to an aromatic ring is 1. The van der Waals surface area contributed by atoms with Gasteiger partial charge in [0, 0.05) is 18.3 Å². The smallest absolute Gasteiger partial charge is 0.220 e. The van der Waals surface area contributed by atoms with Crippen molar-refractivity contribution in [3.63, 3.8) is 0 Å². The largest absolute Gasteiger partial charge is 0.368 e. The molecular weight excluding hydrogens is 168 g/mol. The van der Waals surface area contributed by atoms with Crippen molar-refractivity contribution >= 4 is 11.7 Å². The van der Waals surface area contributed by atoms with Crippen molar-refractivity contribution in [2.24, 2.45) is 5.73 Å². The van der Waals surface area contributed by atoms with E-state index in [-0.39, 0.29) is 11.7 Å². The second-order valence-corrected chi connectivity index (χ2v) is 2.83. The Labute approximate surface area is 76.2 Å². The molecular formula is C8H12N4O. The second kappa shape index (κ2) is 3.95. The molecule has 1 unspecified atom stereocenters. The molecule has 0 aromatic carbocycles.